The Morgan fingerprint density at radius 2 is 1.70 bits per heavy atom. The van der Waals surface area contributed by atoms with Crippen LogP contribution in [-0.4, -0.2) is 11.2 Å². The molecule has 0 spiro atoms. The first kappa shape index (κ1) is 22.6. The molecule has 4 aliphatic carbocycles. The molecule has 0 unspecified atom stereocenters. The molecule has 4 rings (SSSR count). The molecule has 0 radical (unpaired) electrons. The topological polar surface area (TPSA) is 20.2 Å². The van der Waals surface area contributed by atoms with Gasteiger partial charge in [0.1, 0.15) is 0 Å². The first-order valence-electron chi connectivity index (χ1n) is 13.3. The molecule has 9 atom stereocenters. The van der Waals surface area contributed by atoms with Crippen LogP contribution in [0.15, 0.2) is 23.8 Å². The first-order chi connectivity index (χ1) is 14.2. The Morgan fingerprint density at radius 1 is 1.00 bits per heavy atom. The van der Waals surface area contributed by atoms with Gasteiger partial charge in [-0.2, -0.15) is 0 Å². The van der Waals surface area contributed by atoms with Crippen molar-refractivity contribution in [3.8, 4) is 0 Å². The van der Waals surface area contributed by atoms with Crippen LogP contribution in [0.3, 0.4) is 0 Å². The zero-order chi connectivity index (χ0) is 21.7. The molecule has 4 aliphatic rings. The molecule has 3 fully saturated rings. The second-order valence-electron chi connectivity index (χ2n) is 12.5. The largest absolute Gasteiger partial charge is 0.393 e. The number of hydrogen-bond donors (Lipinski definition) is 1. The van der Waals surface area contributed by atoms with Crippen LogP contribution in [-0.2, 0) is 0 Å². The first-order valence-corrected chi connectivity index (χ1v) is 13.3. The highest BCUT2D eigenvalue weighted by molar-refractivity contribution is 5.28. The third kappa shape index (κ3) is 3.66. The van der Waals surface area contributed by atoms with E-state index in [-0.39, 0.29) is 6.10 Å². The van der Waals surface area contributed by atoms with E-state index in [0.29, 0.717) is 22.7 Å². The Kier molecular flexibility index (Phi) is 6.35. The van der Waals surface area contributed by atoms with E-state index in [1.54, 1.807) is 0 Å². The number of fused-ring (bicyclic) bond motifs is 5. The summed E-state index contributed by atoms with van der Waals surface area (Å²) < 4.78 is 0. The van der Waals surface area contributed by atoms with Crippen molar-refractivity contribution in [1.29, 1.82) is 0 Å². The minimum absolute atomic E-state index is 0.0480. The van der Waals surface area contributed by atoms with E-state index in [1.807, 2.05) is 5.57 Å². The maximum Gasteiger partial charge on any atom is 0.0543 e. The standard InChI is InChI=1S/C29H48O/c1-7-21(19(2)3)9-8-20(4)25-12-13-26-24-11-10-22-18-23(30)14-16-28(22,5)27(24)15-17-29(25,26)6/h8-9,11,19-23,25-27,30H,7,10,12-18H2,1-6H3/b9-8-/t20-,21+,22-,23+,25-,26-,27+,28+,29-/m0/s1. The summed E-state index contributed by atoms with van der Waals surface area (Å²) in [6.07, 6.45) is 19.2. The molecule has 0 heterocycles. The second-order valence-corrected chi connectivity index (χ2v) is 12.5. The lowest BCUT2D eigenvalue weighted by atomic mass is 9.47. The number of aliphatic hydroxyl groups is 1. The van der Waals surface area contributed by atoms with E-state index in [0.717, 1.165) is 42.4 Å². The van der Waals surface area contributed by atoms with Gasteiger partial charge in [0.15, 0.2) is 0 Å². The van der Waals surface area contributed by atoms with Gasteiger partial charge < -0.3 is 5.11 Å². The molecule has 1 N–H and O–H groups in total. The predicted molar refractivity (Wildman–Crippen MR) is 128 cm³/mol. The van der Waals surface area contributed by atoms with Crippen LogP contribution >= 0.6 is 0 Å². The van der Waals surface area contributed by atoms with E-state index in [2.05, 4.69) is 59.8 Å². The predicted octanol–water partition coefficient (Wildman–Crippen LogP) is 7.80. The van der Waals surface area contributed by atoms with Gasteiger partial charge in [-0.25, -0.2) is 0 Å². The van der Waals surface area contributed by atoms with Crippen molar-refractivity contribution in [2.45, 2.75) is 105 Å². The summed E-state index contributed by atoms with van der Waals surface area (Å²) in [5.74, 6) is 5.32. The van der Waals surface area contributed by atoms with Crippen LogP contribution in [0, 0.1) is 52.3 Å². The maximum absolute atomic E-state index is 10.3. The van der Waals surface area contributed by atoms with Crippen molar-refractivity contribution in [1.82, 2.24) is 0 Å². The Morgan fingerprint density at radius 3 is 2.40 bits per heavy atom. The van der Waals surface area contributed by atoms with Gasteiger partial charge in [-0.15, -0.1) is 0 Å². The average Bonchev–Trinajstić information content (AvgIpc) is 3.06. The van der Waals surface area contributed by atoms with Crippen molar-refractivity contribution in [3.05, 3.63) is 23.8 Å². The fourth-order valence-corrected chi connectivity index (χ4v) is 8.68. The van der Waals surface area contributed by atoms with Gasteiger partial charge in [-0.05, 0) is 110 Å². The molecule has 30 heavy (non-hydrogen) atoms. The molecule has 0 amide bonds. The van der Waals surface area contributed by atoms with E-state index in [4.69, 9.17) is 0 Å². The minimum Gasteiger partial charge on any atom is -0.393 e. The van der Waals surface area contributed by atoms with Crippen molar-refractivity contribution < 1.29 is 5.11 Å². The molecule has 0 bridgehead atoms. The van der Waals surface area contributed by atoms with Crippen molar-refractivity contribution >= 4 is 0 Å². The summed E-state index contributed by atoms with van der Waals surface area (Å²) in [5.41, 5.74) is 2.79. The van der Waals surface area contributed by atoms with E-state index < -0.39 is 0 Å². The van der Waals surface area contributed by atoms with Gasteiger partial charge in [0.05, 0.1) is 6.10 Å². The molecule has 1 nitrogen and oxygen atoms in total. The van der Waals surface area contributed by atoms with Gasteiger partial charge in [-0.1, -0.05) is 65.3 Å². The highest BCUT2D eigenvalue weighted by Gasteiger charge is 2.57. The summed E-state index contributed by atoms with van der Waals surface area (Å²) in [6, 6.07) is 0. The van der Waals surface area contributed by atoms with E-state index in [1.165, 1.54) is 44.9 Å². The molecule has 0 aromatic carbocycles. The lowest BCUT2D eigenvalue weighted by Crippen LogP contribution is -2.49. The fraction of sp³-hybridized carbons (Fsp3) is 0.862. The molecule has 0 saturated heterocycles. The summed E-state index contributed by atoms with van der Waals surface area (Å²) in [4.78, 5) is 0. The second kappa shape index (κ2) is 8.42. The van der Waals surface area contributed by atoms with Crippen molar-refractivity contribution in [2.75, 3.05) is 0 Å². The van der Waals surface area contributed by atoms with Crippen LogP contribution in [0.5, 0.6) is 0 Å². The molecule has 170 valence electrons. The van der Waals surface area contributed by atoms with Gasteiger partial charge in [0.2, 0.25) is 0 Å². The Bertz CT molecular complexity index is 674. The lowest BCUT2D eigenvalue weighted by molar-refractivity contribution is -0.0414. The molecule has 3 saturated carbocycles. The average molecular weight is 413 g/mol. The SMILES string of the molecule is CC[C@H](/C=C\[C@H](C)[C@@H]1CC[C@H]2C3=CC[C@H]4C[C@H](O)CC[C@@]4(C)[C@@H]3CC[C@]21C)C(C)C. The molecule has 0 aliphatic heterocycles. The van der Waals surface area contributed by atoms with Crippen LogP contribution in [0.25, 0.3) is 0 Å². The Balaban J connectivity index is 1.53. The van der Waals surface area contributed by atoms with Crippen LogP contribution in [0.1, 0.15) is 99.3 Å². The third-order valence-electron chi connectivity index (χ3n) is 10.7. The summed E-state index contributed by atoms with van der Waals surface area (Å²) in [6.45, 7) is 14.8. The van der Waals surface area contributed by atoms with E-state index in [9.17, 15) is 5.11 Å². The maximum atomic E-state index is 10.3. The zero-order valence-corrected chi connectivity index (χ0v) is 20.7. The molecule has 1 heteroatoms. The Hall–Kier alpha value is -0.560. The lowest BCUT2D eigenvalue weighted by Gasteiger charge is -2.57. The number of allylic oxidation sites excluding steroid dienone is 4. The molecular formula is C29H48O. The quantitative estimate of drug-likeness (QED) is 0.457. The van der Waals surface area contributed by atoms with Crippen LogP contribution in [0.2, 0.25) is 0 Å². The summed E-state index contributed by atoms with van der Waals surface area (Å²) in [5, 5.41) is 10.3. The summed E-state index contributed by atoms with van der Waals surface area (Å²) in [7, 11) is 0. The molecule has 0 aromatic heterocycles. The third-order valence-corrected chi connectivity index (χ3v) is 10.7. The van der Waals surface area contributed by atoms with Gasteiger partial charge >= 0.3 is 0 Å². The molecular weight excluding hydrogens is 364 g/mol. The highest BCUT2D eigenvalue weighted by Crippen LogP contribution is 2.66. The monoisotopic (exact) mass is 412 g/mol. The van der Waals surface area contributed by atoms with Gasteiger partial charge in [0.25, 0.3) is 0 Å². The summed E-state index contributed by atoms with van der Waals surface area (Å²) >= 11 is 0. The minimum atomic E-state index is -0.0480. The van der Waals surface area contributed by atoms with Gasteiger partial charge in [0, 0.05) is 0 Å². The zero-order valence-electron chi connectivity index (χ0n) is 20.7. The number of aliphatic hydroxyl groups excluding tert-OH is 1. The van der Waals surface area contributed by atoms with Gasteiger partial charge in [-0.3, -0.25) is 0 Å². The van der Waals surface area contributed by atoms with Crippen LogP contribution in [0.4, 0.5) is 0 Å². The fourth-order valence-electron chi connectivity index (χ4n) is 8.68. The number of rotatable bonds is 5. The number of hydrogen-bond acceptors (Lipinski definition) is 1. The van der Waals surface area contributed by atoms with E-state index >= 15 is 0 Å². The normalized spacial score (nSPS) is 45.6. The van der Waals surface area contributed by atoms with Crippen molar-refractivity contribution in [3.63, 3.8) is 0 Å². The highest BCUT2D eigenvalue weighted by atomic mass is 16.3. The van der Waals surface area contributed by atoms with Crippen molar-refractivity contribution in [2.24, 2.45) is 52.3 Å². The Labute approximate surface area is 186 Å². The van der Waals surface area contributed by atoms with Crippen LogP contribution < -0.4 is 0 Å². The smallest absolute Gasteiger partial charge is 0.0543 e. The molecule has 0 aromatic rings.